The van der Waals surface area contributed by atoms with Crippen molar-refractivity contribution in [1.82, 2.24) is 10.3 Å². The molecule has 1 unspecified atom stereocenters. The van der Waals surface area contributed by atoms with Crippen LogP contribution in [0.1, 0.15) is 126 Å². The zero-order valence-electron chi connectivity index (χ0n) is 22.2. The predicted octanol–water partition coefficient (Wildman–Crippen LogP) is 7.10. The Morgan fingerprint density at radius 3 is 2.31 bits per heavy atom. The second-order valence-corrected chi connectivity index (χ2v) is 10.7. The van der Waals surface area contributed by atoms with Gasteiger partial charge < -0.3 is 15.2 Å². The van der Waals surface area contributed by atoms with Gasteiger partial charge in [0, 0.05) is 5.56 Å². The minimum Gasteiger partial charge on any atom is -0.477 e. The molecule has 0 amide bonds. The van der Waals surface area contributed by atoms with Gasteiger partial charge in [-0.3, -0.25) is 0 Å². The van der Waals surface area contributed by atoms with Crippen LogP contribution in [-0.4, -0.2) is 35.3 Å². The summed E-state index contributed by atoms with van der Waals surface area (Å²) in [6.45, 7) is 8.27. The number of aromatic nitrogens is 1. The lowest BCUT2D eigenvalue weighted by Crippen LogP contribution is -2.29. The molecule has 0 spiro atoms. The van der Waals surface area contributed by atoms with E-state index in [0.717, 1.165) is 31.4 Å². The van der Waals surface area contributed by atoms with Crippen LogP contribution in [0.5, 0.6) is 5.88 Å². The molecule has 0 aliphatic heterocycles. The van der Waals surface area contributed by atoms with E-state index < -0.39 is 5.97 Å². The largest absolute Gasteiger partial charge is 0.477 e. The third-order valence-electron chi connectivity index (χ3n) is 6.56. The first-order valence-electron chi connectivity index (χ1n) is 13.9. The number of carboxylic acids is 1. The number of rotatable bonds is 17. The van der Waals surface area contributed by atoms with Crippen LogP contribution in [0.2, 0.25) is 0 Å². The molecule has 6 nitrogen and oxygen atoms in total. The van der Waals surface area contributed by atoms with E-state index in [1.54, 1.807) is 6.07 Å². The fourth-order valence-corrected chi connectivity index (χ4v) is 4.06. The van der Waals surface area contributed by atoms with E-state index >= 15 is 0 Å². The molecule has 196 valence electrons. The maximum absolute atomic E-state index is 10.9. The number of carbonyl (C=O) groups is 1. The van der Waals surface area contributed by atoms with Gasteiger partial charge in [-0.05, 0) is 68.9 Å². The first-order valence-corrected chi connectivity index (χ1v) is 13.9. The van der Waals surface area contributed by atoms with Gasteiger partial charge in [0.2, 0.25) is 5.88 Å². The summed E-state index contributed by atoms with van der Waals surface area (Å²) < 4.78 is 5.68. The Bertz CT molecular complexity index is 782. The Morgan fingerprint density at radius 1 is 1.11 bits per heavy atom. The fourth-order valence-electron chi connectivity index (χ4n) is 4.06. The Kier molecular flexibility index (Phi) is 13.7. The highest BCUT2D eigenvalue weighted by Gasteiger charge is 2.29. The van der Waals surface area contributed by atoms with Gasteiger partial charge in [0.1, 0.15) is 0 Å². The molecule has 2 aliphatic rings. The highest BCUT2D eigenvalue weighted by Crippen LogP contribution is 2.44. The molecule has 1 aromatic rings. The Morgan fingerprint density at radius 2 is 1.77 bits per heavy atom. The van der Waals surface area contributed by atoms with Crippen molar-refractivity contribution in [3.8, 4) is 11.9 Å². The van der Waals surface area contributed by atoms with Gasteiger partial charge >= 0.3 is 5.97 Å². The topological polar surface area (TPSA) is 95.2 Å². The molecule has 2 N–H and O–H groups in total. The smallest absolute Gasteiger partial charge is 0.354 e. The number of hydrogen-bond acceptors (Lipinski definition) is 5. The molecule has 2 saturated carbocycles. The van der Waals surface area contributed by atoms with Crippen LogP contribution >= 0.6 is 0 Å². The van der Waals surface area contributed by atoms with Crippen LogP contribution in [0.15, 0.2) is 12.1 Å². The van der Waals surface area contributed by atoms with E-state index in [0.29, 0.717) is 30.2 Å². The lowest BCUT2D eigenvalue weighted by molar-refractivity contribution is 0.0689. The van der Waals surface area contributed by atoms with Gasteiger partial charge in [-0.15, -0.1) is 0 Å². The molecule has 2 fully saturated rings. The summed E-state index contributed by atoms with van der Waals surface area (Å²) in [5.74, 6) is 1.32. The van der Waals surface area contributed by atoms with Gasteiger partial charge in [-0.1, -0.05) is 71.8 Å². The first kappa shape index (κ1) is 29.1. The Balaban J connectivity index is 0.000000247. The monoisotopic (exact) mass is 485 g/mol. The van der Waals surface area contributed by atoms with Gasteiger partial charge in [0.05, 0.1) is 18.7 Å². The summed E-state index contributed by atoms with van der Waals surface area (Å²) in [5.41, 5.74) is 1.15. The van der Waals surface area contributed by atoms with Crippen molar-refractivity contribution in [2.45, 2.75) is 116 Å². The zero-order valence-corrected chi connectivity index (χ0v) is 22.2. The average molecular weight is 486 g/mol. The lowest BCUT2D eigenvalue weighted by Gasteiger charge is -2.13. The van der Waals surface area contributed by atoms with Crippen molar-refractivity contribution in [2.75, 3.05) is 13.2 Å². The summed E-state index contributed by atoms with van der Waals surface area (Å²) >= 11 is 0. The summed E-state index contributed by atoms with van der Waals surface area (Å²) in [6.07, 6.45) is 16.5. The minimum absolute atomic E-state index is 0.0505. The van der Waals surface area contributed by atoms with Crippen LogP contribution in [0.3, 0.4) is 0 Å². The van der Waals surface area contributed by atoms with E-state index in [1.807, 2.05) is 6.07 Å². The van der Waals surface area contributed by atoms with Crippen molar-refractivity contribution < 1.29 is 14.6 Å². The molecule has 1 heterocycles. The maximum atomic E-state index is 10.9. The SMILES string of the molecule is CCCCCCCCCCNC(C#N)CC(C)C.O=C(O)c1ccc(C2CC2)c(OCC2CC2)n1. The summed E-state index contributed by atoms with van der Waals surface area (Å²) in [7, 11) is 0. The number of nitrogens with one attached hydrogen (secondary N) is 1. The van der Waals surface area contributed by atoms with Crippen LogP contribution in [0.4, 0.5) is 0 Å². The first-order chi connectivity index (χ1) is 16.9. The van der Waals surface area contributed by atoms with E-state index in [-0.39, 0.29) is 11.7 Å². The molecule has 35 heavy (non-hydrogen) atoms. The van der Waals surface area contributed by atoms with Gasteiger partial charge in [-0.25, -0.2) is 9.78 Å². The summed E-state index contributed by atoms with van der Waals surface area (Å²) in [6, 6.07) is 5.82. The summed E-state index contributed by atoms with van der Waals surface area (Å²) in [5, 5.41) is 21.3. The molecule has 1 aromatic heterocycles. The minimum atomic E-state index is -0.997. The molecule has 0 bridgehead atoms. The van der Waals surface area contributed by atoms with Gasteiger partial charge in [0.25, 0.3) is 0 Å². The molecule has 0 radical (unpaired) electrons. The van der Waals surface area contributed by atoms with E-state index in [4.69, 9.17) is 15.1 Å². The van der Waals surface area contributed by atoms with Crippen molar-refractivity contribution in [1.29, 1.82) is 5.26 Å². The van der Waals surface area contributed by atoms with Crippen molar-refractivity contribution in [3.63, 3.8) is 0 Å². The van der Waals surface area contributed by atoms with Gasteiger partial charge in [-0.2, -0.15) is 5.26 Å². The molecular weight excluding hydrogens is 438 g/mol. The fraction of sp³-hybridized carbons (Fsp3) is 0.759. The quantitative estimate of drug-likeness (QED) is 0.228. The number of aromatic carboxylic acids is 1. The second kappa shape index (κ2) is 16.5. The van der Waals surface area contributed by atoms with Crippen molar-refractivity contribution >= 4 is 5.97 Å². The van der Waals surface area contributed by atoms with E-state index in [9.17, 15) is 4.79 Å². The predicted molar refractivity (Wildman–Crippen MR) is 141 cm³/mol. The number of nitriles is 1. The van der Waals surface area contributed by atoms with E-state index in [2.05, 4.69) is 37.1 Å². The third-order valence-corrected chi connectivity index (χ3v) is 6.56. The number of hydrogen-bond donors (Lipinski definition) is 2. The van der Waals surface area contributed by atoms with Crippen LogP contribution in [0, 0.1) is 23.2 Å². The molecule has 0 saturated heterocycles. The normalized spacial score (nSPS) is 15.7. The highest BCUT2D eigenvalue weighted by atomic mass is 16.5. The molecule has 2 aliphatic carbocycles. The number of pyridine rings is 1. The molecule has 3 rings (SSSR count). The molecule has 0 aromatic carbocycles. The van der Waals surface area contributed by atoms with Crippen molar-refractivity contribution in [2.24, 2.45) is 11.8 Å². The van der Waals surface area contributed by atoms with Crippen LogP contribution in [0.25, 0.3) is 0 Å². The van der Waals surface area contributed by atoms with Crippen molar-refractivity contribution in [3.05, 3.63) is 23.4 Å². The Labute approximate surface area is 212 Å². The van der Waals surface area contributed by atoms with Gasteiger partial charge in [0.15, 0.2) is 5.69 Å². The molecular formula is C29H47N3O3. The van der Waals surface area contributed by atoms with E-state index in [1.165, 1.54) is 64.2 Å². The maximum Gasteiger partial charge on any atom is 0.354 e. The number of unbranched alkanes of at least 4 members (excludes halogenated alkanes) is 7. The number of ether oxygens (including phenoxy) is 1. The molecule has 6 heteroatoms. The average Bonchev–Trinajstić information content (AvgIpc) is 3.75. The summed E-state index contributed by atoms with van der Waals surface area (Å²) in [4.78, 5) is 15.0. The van der Waals surface area contributed by atoms with Crippen LogP contribution in [-0.2, 0) is 0 Å². The van der Waals surface area contributed by atoms with Crippen LogP contribution < -0.4 is 10.1 Å². The second-order valence-electron chi connectivity index (χ2n) is 10.7. The number of nitrogens with zero attached hydrogens (tertiary/aromatic N) is 2. The zero-order chi connectivity index (χ0) is 25.5. The Hall–Kier alpha value is -2.13. The third kappa shape index (κ3) is 12.9. The standard InChI is InChI=1S/C16H32N2.C13H15NO3/c1-4-5-6-7-8-9-10-11-12-18-16(14-17)13-15(2)3;15-13(16)11-6-5-10(9-3-4-9)12(14-11)17-7-8-1-2-8/h15-16,18H,4-13H2,1-3H3;5-6,8-9H,1-4,7H2,(H,15,16). The lowest BCUT2D eigenvalue weighted by atomic mass is 10.0. The highest BCUT2D eigenvalue weighted by molar-refractivity contribution is 5.85. The molecule has 1 atom stereocenters. The number of carboxylic acid groups (broad SMARTS) is 1.